The molecule has 2 aromatic rings. The lowest BCUT2D eigenvalue weighted by Crippen LogP contribution is -2.51. The molecule has 0 aromatic heterocycles. The molecule has 0 radical (unpaired) electrons. The van der Waals surface area contributed by atoms with Crippen molar-refractivity contribution in [2.45, 2.75) is 20.8 Å². The second-order valence-corrected chi connectivity index (χ2v) is 9.87. The van der Waals surface area contributed by atoms with Crippen LogP contribution in [0.4, 0.5) is 11.4 Å². The van der Waals surface area contributed by atoms with E-state index >= 15 is 0 Å². The fourth-order valence-corrected chi connectivity index (χ4v) is 4.13. The van der Waals surface area contributed by atoms with Crippen molar-refractivity contribution in [1.82, 2.24) is 10.2 Å². The van der Waals surface area contributed by atoms with Crippen molar-refractivity contribution in [3.63, 3.8) is 0 Å². The maximum Gasteiger partial charge on any atom is 0.257 e. The molecular weight excluding hydrogens is 467 g/mol. The van der Waals surface area contributed by atoms with Crippen LogP contribution in [0.5, 0.6) is 0 Å². The Hall–Kier alpha value is -2.35. The average Bonchev–Trinajstić information content (AvgIpc) is 2.73. The van der Waals surface area contributed by atoms with Gasteiger partial charge in [0.1, 0.15) is 0 Å². The molecule has 0 spiro atoms. The van der Waals surface area contributed by atoms with Gasteiger partial charge in [-0.2, -0.15) is 0 Å². The quantitative estimate of drug-likeness (QED) is 0.601. The molecule has 2 aromatic carbocycles. The molecule has 0 aliphatic carbocycles. The molecule has 1 heterocycles. The fourth-order valence-electron chi connectivity index (χ4n) is 3.43. The van der Waals surface area contributed by atoms with Crippen LogP contribution in [0.3, 0.4) is 0 Å². The second kappa shape index (κ2) is 10.1. The molecule has 6 nitrogen and oxygen atoms in total. The second-order valence-electron chi connectivity index (χ2n) is 8.61. The molecule has 0 saturated carbocycles. The van der Waals surface area contributed by atoms with Crippen molar-refractivity contribution in [2.75, 3.05) is 36.4 Å². The molecule has 1 fully saturated rings. The highest BCUT2D eigenvalue weighted by Crippen LogP contribution is 2.30. The Morgan fingerprint density at radius 2 is 1.69 bits per heavy atom. The lowest BCUT2D eigenvalue weighted by molar-refractivity contribution is -0.139. The van der Waals surface area contributed by atoms with Crippen molar-refractivity contribution in [3.8, 4) is 0 Å². The summed E-state index contributed by atoms with van der Waals surface area (Å²) in [5.41, 5.74) is 1.60. The van der Waals surface area contributed by atoms with Gasteiger partial charge in [-0.1, -0.05) is 50.0 Å². The molecule has 0 unspecified atom stereocenters. The lowest BCUT2D eigenvalue weighted by atomic mass is 9.94. The minimum Gasteiger partial charge on any atom is -0.367 e. The zero-order valence-corrected chi connectivity index (χ0v) is 20.6. The largest absolute Gasteiger partial charge is 0.367 e. The number of amides is 2. The van der Waals surface area contributed by atoms with Gasteiger partial charge in [-0.25, -0.2) is 0 Å². The number of halogens is 2. The summed E-state index contributed by atoms with van der Waals surface area (Å²) in [6.45, 7) is 8.55. The van der Waals surface area contributed by atoms with E-state index in [0.29, 0.717) is 47.5 Å². The van der Waals surface area contributed by atoms with E-state index in [2.05, 4.69) is 15.5 Å². The lowest BCUT2D eigenvalue weighted by Gasteiger charge is -2.39. The van der Waals surface area contributed by atoms with Crippen LogP contribution in [-0.4, -0.2) is 48.0 Å². The number of carbonyl (C=O) groups is 2. The summed E-state index contributed by atoms with van der Waals surface area (Å²) in [6, 6.07) is 12.1. The van der Waals surface area contributed by atoms with Gasteiger partial charge in [0.05, 0.1) is 10.7 Å². The van der Waals surface area contributed by atoms with Gasteiger partial charge in [0.15, 0.2) is 5.11 Å². The molecule has 1 aliphatic rings. The van der Waals surface area contributed by atoms with E-state index in [0.717, 1.165) is 5.69 Å². The van der Waals surface area contributed by atoms with Crippen molar-refractivity contribution in [3.05, 3.63) is 58.1 Å². The average molecular weight is 493 g/mol. The Balaban J connectivity index is 1.58. The highest BCUT2D eigenvalue weighted by atomic mass is 35.5. The van der Waals surface area contributed by atoms with Gasteiger partial charge < -0.3 is 15.1 Å². The molecule has 2 N–H and O–H groups in total. The first-order valence-electron chi connectivity index (χ1n) is 10.3. The van der Waals surface area contributed by atoms with Gasteiger partial charge in [0.2, 0.25) is 5.91 Å². The van der Waals surface area contributed by atoms with E-state index in [1.807, 2.05) is 37.8 Å². The summed E-state index contributed by atoms with van der Waals surface area (Å²) < 4.78 is 0. The maximum atomic E-state index is 12.5. The summed E-state index contributed by atoms with van der Waals surface area (Å²) in [6.07, 6.45) is 0. The van der Waals surface area contributed by atoms with Crippen molar-refractivity contribution >= 4 is 63.7 Å². The summed E-state index contributed by atoms with van der Waals surface area (Å²) >= 11 is 17.7. The number of rotatable bonds is 3. The fraction of sp³-hybridized carbons (Fsp3) is 0.348. The molecule has 0 bridgehead atoms. The predicted octanol–water partition coefficient (Wildman–Crippen LogP) is 4.81. The van der Waals surface area contributed by atoms with E-state index < -0.39 is 0 Å². The molecule has 0 atom stereocenters. The Kier molecular flexibility index (Phi) is 7.64. The normalized spacial score (nSPS) is 14.2. The summed E-state index contributed by atoms with van der Waals surface area (Å²) in [7, 11) is 0. The SMILES string of the molecule is CC(C)(C)C(=O)N1CCN(c2ccc(NC(=S)NC(=O)c3cccc(Cl)c3)cc2Cl)CC1. The highest BCUT2D eigenvalue weighted by molar-refractivity contribution is 7.80. The smallest absolute Gasteiger partial charge is 0.257 e. The predicted molar refractivity (Wildman–Crippen MR) is 135 cm³/mol. The molecule has 32 heavy (non-hydrogen) atoms. The number of hydrogen-bond donors (Lipinski definition) is 2. The van der Waals surface area contributed by atoms with Crippen LogP contribution in [0.2, 0.25) is 10.0 Å². The molecule has 1 aliphatic heterocycles. The van der Waals surface area contributed by atoms with Gasteiger partial charge in [0, 0.05) is 47.9 Å². The number of anilines is 2. The third-order valence-electron chi connectivity index (χ3n) is 5.07. The molecule has 9 heteroatoms. The highest BCUT2D eigenvalue weighted by Gasteiger charge is 2.30. The minimum atomic E-state index is -0.381. The number of nitrogens with one attached hydrogen (secondary N) is 2. The Morgan fingerprint density at radius 3 is 2.28 bits per heavy atom. The van der Waals surface area contributed by atoms with Crippen LogP contribution >= 0.6 is 35.4 Å². The van der Waals surface area contributed by atoms with Crippen LogP contribution < -0.4 is 15.5 Å². The number of benzene rings is 2. The van der Waals surface area contributed by atoms with Gasteiger partial charge in [-0.15, -0.1) is 0 Å². The van der Waals surface area contributed by atoms with Crippen LogP contribution in [0.15, 0.2) is 42.5 Å². The Labute approximate surface area is 203 Å². The number of hydrogen-bond acceptors (Lipinski definition) is 4. The topological polar surface area (TPSA) is 64.7 Å². The van der Waals surface area contributed by atoms with Crippen LogP contribution in [0.1, 0.15) is 31.1 Å². The third-order valence-corrected chi connectivity index (χ3v) is 5.81. The number of piperazine rings is 1. The molecule has 3 rings (SSSR count). The minimum absolute atomic E-state index is 0.160. The van der Waals surface area contributed by atoms with Gasteiger partial charge >= 0.3 is 0 Å². The van der Waals surface area contributed by atoms with Gasteiger partial charge in [-0.05, 0) is 48.6 Å². The number of carbonyl (C=O) groups excluding carboxylic acids is 2. The van der Waals surface area contributed by atoms with Crippen molar-refractivity contribution in [1.29, 1.82) is 0 Å². The summed E-state index contributed by atoms with van der Waals surface area (Å²) in [4.78, 5) is 28.9. The standard InChI is InChI=1S/C23H26Cl2N4O2S/c1-23(2,3)21(31)29-11-9-28(10-12-29)19-8-7-17(14-18(19)25)26-22(32)27-20(30)15-5-4-6-16(24)13-15/h4-8,13-14H,9-12H2,1-3H3,(H2,26,27,30,32). The summed E-state index contributed by atoms with van der Waals surface area (Å²) in [5.74, 6) is -0.188. The summed E-state index contributed by atoms with van der Waals surface area (Å²) in [5, 5.41) is 6.81. The van der Waals surface area contributed by atoms with Crippen molar-refractivity contribution in [2.24, 2.45) is 5.41 Å². The van der Waals surface area contributed by atoms with E-state index in [9.17, 15) is 9.59 Å². The molecular formula is C23H26Cl2N4O2S. The zero-order valence-electron chi connectivity index (χ0n) is 18.2. The Bertz CT molecular complexity index is 1030. The number of thiocarbonyl (C=S) groups is 1. The van der Waals surface area contributed by atoms with E-state index in [1.165, 1.54) is 0 Å². The number of nitrogens with zero attached hydrogens (tertiary/aromatic N) is 2. The Morgan fingerprint density at radius 1 is 1.00 bits per heavy atom. The van der Waals surface area contributed by atoms with Crippen LogP contribution in [0.25, 0.3) is 0 Å². The third kappa shape index (κ3) is 6.12. The van der Waals surface area contributed by atoms with Crippen molar-refractivity contribution < 1.29 is 9.59 Å². The van der Waals surface area contributed by atoms with E-state index in [4.69, 9.17) is 35.4 Å². The first-order valence-corrected chi connectivity index (χ1v) is 11.4. The van der Waals surface area contributed by atoms with Crippen LogP contribution in [-0.2, 0) is 4.79 Å². The van der Waals surface area contributed by atoms with Gasteiger partial charge in [0.25, 0.3) is 5.91 Å². The molecule has 1 saturated heterocycles. The first kappa shape index (κ1) is 24.3. The van der Waals surface area contributed by atoms with E-state index in [-0.39, 0.29) is 22.3 Å². The van der Waals surface area contributed by atoms with Crippen LogP contribution in [0, 0.1) is 5.41 Å². The first-order chi connectivity index (χ1) is 15.0. The zero-order chi connectivity index (χ0) is 23.5. The van der Waals surface area contributed by atoms with E-state index in [1.54, 1.807) is 30.3 Å². The van der Waals surface area contributed by atoms with Gasteiger partial charge in [-0.3, -0.25) is 14.9 Å². The monoisotopic (exact) mass is 492 g/mol. The maximum absolute atomic E-state index is 12.5. The molecule has 2 amide bonds. The molecule has 170 valence electrons.